The highest BCUT2D eigenvalue weighted by Gasteiger charge is 2.15. The minimum Gasteiger partial charge on any atom is -0.464 e. The molecule has 2 aromatic heterocycles. The standard InChI is InChI=1S/C12H13ClN2O2/c1-7-3-4-11(17-7)8(2)15-12(16)10-5-9(13)6-14-10/h3-6,8,14H,1-2H3,(H,15,16). The van der Waals surface area contributed by atoms with Gasteiger partial charge in [-0.1, -0.05) is 11.6 Å². The number of aromatic nitrogens is 1. The number of rotatable bonds is 3. The second-order valence-electron chi connectivity index (χ2n) is 3.88. The van der Waals surface area contributed by atoms with E-state index >= 15 is 0 Å². The lowest BCUT2D eigenvalue weighted by molar-refractivity contribution is 0.0930. The predicted molar refractivity (Wildman–Crippen MR) is 65.1 cm³/mol. The zero-order valence-electron chi connectivity index (χ0n) is 9.58. The van der Waals surface area contributed by atoms with E-state index in [0.717, 1.165) is 11.5 Å². The van der Waals surface area contributed by atoms with Crippen molar-refractivity contribution in [3.05, 3.63) is 46.6 Å². The normalized spacial score (nSPS) is 12.4. The van der Waals surface area contributed by atoms with Crippen LogP contribution in [0.15, 0.2) is 28.8 Å². The summed E-state index contributed by atoms with van der Waals surface area (Å²) in [7, 11) is 0. The van der Waals surface area contributed by atoms with Crippen LogP contribution < -0.4 is 5.32 Å². The van der Waals surface area contributed by atoms with Crippen LogP contribution in [0.1, 0.15) is 35.0 Å². The van der Waals surface area contributed by atoms with E-state index in [0.29, 0.717) is 10.7 Å². The van der Waals surface area contributed by atoms with E-state index in [1.54, 1.807) is 12.3 Å². The molecule has 1 atom stereocenters. The molecule has 0 spiro atoms. The highest BCUT2D eigenvalue weighted by atomic mass is 35.5. The van der Waals surface area contributed by atoms with Gasteiger partial charge in [-0.05, 0) is 32.0 Å². The zero-order chi connectivity index (χ0) is 12.4. The van der Waals surface area contributed by atoms with Crippen LogP contribution in [-0.4, -0.2) is 10.9 Å². The number of carbonyl (C=O) groups is 1. The van der Waals surface area contributed by atoms with Crippen molar-refractivity contribution in [3.63, 3.8) is 0 Å². The van der Waals surface area contributed by atoms with Crippen LogP contribution in [0.25, 0.3) is 0 Å². The molecule has 2 heterocycles. The van der Waals surface area contributed by atoms with Crippen molar-refractivity contribution in [3.8, 4) is 0 Å². The van der Waals surface area contributed by atoms with E-state index in [4.69, 9.17) is 16.0 Å². The molecule has 90 valence electrons. The fraction of sp³-hybridized carbons (Fsp3) is 0.250. The van der Waals surface area contributed by atoms with Crippen LogP contribution in [0.3, 0.4) is 0 Å². The third-order valence-corrected chi connectivity index (χ3v) is 2.65. The van der Waals surface area contributed by atoms with Gasteiger partial charge < -0.3 is 14.7 Å². The third-order valence-electron chi connectivity index (χ3n) is 2.43. The number of aromatic amines is 1. The van der Waals surface area contributed by atoms with Crippen LogP contribution >= 0.6 is 11.6 Å². The molecule has 2 N–H and O–H groups in total. The summed E-state index contributed by atoms with van der Waals surface area (Å²) in [6.45, 7) is 3.73. The maximum absolute atomic E-state index is 11.8. The summed E-state index contributed by atoms with van der Waals surface area (Å²) in [5.41, 5.74) is 0.435. The van der Waals surface area contributed by atoms with Gasteiger partial charge in [0, 0.05) is 6.20 Å². The fourth-order valence-corrected chi connectivity index (χ4v) is 1.69. The molecule has 1 amide bonds. The Morgan fingerprint density at radius 3 is 2.82 bits per heavy atom. The second kappa shape index (κ2) is 4.67. The van der Waals surface area contributed by atoms with Gasteiger partial charge in [-0.3, -0.25) is 4.79 Å². The molecule has 2 aromatic rings. The zero-order valence-corrected chi connectivity index (χ0v) is 10.3. The van der Waals surface area contributed by atoms with E-state index in [9.17, 15) is 4.79 Å². The van der Waals surface area contributed by atoms with Crippen LogP contribution in [0.5, 0.6) is 0 Å². The molecule has 4 nitrogen and oxygen atoms in total. The molecule has 0 fully saturated rings. The Balaban J connectivity index is 2.04. The van der Waals surface area contributed by atoms with Gasteiger partial charge in [0.25, 0.3) is 5.91 Å². The average Bonchev–Trinajstić information content (AvgIpc) is 2.87. The number of H-pyrrole nitrogens is 1. The molecule has 1 unspecified atom stereocenters. The first kappa shape index (κ1) is 11.8. The first-order valence-corrected chi connectivity index (χ1v) is 5.65. The van der Waals surface area contributed by atoms with Crippen molar-refractivity contribution in [1.82, 2.24) is 10.3 Å². The van der Waals surface area contributed by atoms with Crippen molar-refractivity contribution >= 4 is 17.5 Å². The molecule has 17 heavy (non-hydrogen) atoms. The van der Waals surface area contributed by atoms with Crippen molar-refractivity contribution in [2.24, 2.45) is 0 Å². The SMILES string of the molecule is Cc1ccc(C(C)NC(=O)c2cc(Cl)c[nH]2)o1. The largest absolute Gasteiger partial charge is 0.464 e. The number of halogens is 1. The molecule has 0 bridgehead atoms. The molecule has 0 aliphatic heterocycles. The number of aryl methyl sites for hydroxylation is 1. The van der Waals surface area contributed by atoms with E-state index in [-0.39, 0.29) is 11.9 Å². The van der Waals surface area contributed by atoms with Gasteiger partial charge in [0.05, 0.1) is 11.1 Å². The minimum atomic E-state index is -0.210. The quantitative estimate of drug-likeness (QED) is 0.882. The third kappa shape index (κ3) is 2.71. The summed E-state index contributed by atoms with van der Waals surface area (Å²) < 4.78 is 5.44. The van der Waals surface area contributed by atoms with Crippen molar-refractivity contribution in [1.29, 1.82) is 0 Å². The lowest BCUT2D eigenvalue weighted by Gasteiger charge is -2.10. The molecule has 0 saturated carbocycles. The molecule has 0 aliphatic carbocycles. The number of amides is 1. The maximum atomic E-state index is 11.8. The lowest BCUT2D eigenvalue weighted by atomic mass is 10.2. The molecule has 0 aromatic carbocycles. The van der Waals surface area contributed by atoms with Gasteiger partial charge in [-0.15, -0.1) is 0 Å². The Kier molecular flexibility index (Phi) is 3.24. The van der Waals surface area contributed by atoms with Crippen molar-refractivity contribution in [2.75, 3.05) is 0 Å². The average molecular weight is 253 g/mol. The first-order chi connectivity index (χ1) is 8.06. The lowest BCUT2D eigenvalue weighted by Crippen LogP contribution is -2.26. The van der Waals surface area contributed by atoms with Gasteiger partial charge >= 0.3 is 0 Å². The van der Waals surface area contributed by atoms with Crippen LogP contribution in [0.4, 0.5) is 0 Å². The Hall–Kier alpha value is -1.68. The summed E-state index contributed by atoms with van der Waals surface area (Å²) in [5, 5.41) is 3.33. The van der Waals surface area contributed by atoms with Gasteiger partial charge in [0.1, 0.15) is 17.2 Å². The molecular formula is C12H13ClN2O2. The van der Waals surface area contributed by atoms with Gasteiger partial charge in [0.15, 0.2) is 0 Å². The Morgan fingerprint density at radius 1 is 1.53 bits per heavy atom. The predicted octanol–water partition coefficient (Wildman–Crippen LogP) is 3.06. The molecule has 0 aliphatic rings. The second-order valence-corrected chi connectivity index (χ2v) is 4.31. The smallest absolute Gasteiger partial charge is 0.268 e. The molecular weight excluding hydrogens is 240 g/mol. The Morgan fingerprint density at radius 2 is 2.29 bits per heavy atom. The first-order valence-electron chi connectivity index (χ1n) is 5.27. The van der Waals surface area contributed by atoms with E-state index in [1.165, 1.54) is 0 Å². The summed E-state index contributed by atoms with van der Waals surface area (Å²) in [4.78, 5) is 14.6. The van der Waals surface area contributed by atoms with Gasteiger partial charge in [0.2, 0.25) is 0 Å². The fourth-order valence-electron chi connectivity index (χ4n) is 1.53. The Labute approximate surface area is 104 Å². The van der Waals surface area contributed by atoms with E-state index in [2.05, 4.69) is 10.3 Å². The van der Waals surface area contributed by atoms with E-state index in [1.807, 2.05) is 26.0 Å². The monoisotopic (exact) mass is 252 g/mol. The van der Waals surface area contributed by atoms with Crippen molar-refractivity contribution in [2.45, 2.75) is 19.9 Å². The topological polar surface area (TPSA) is 58.0 Å². The summed E-state index contributed by atoms with van der Waals surface area (Å²) >= 11 is 5.73. The van der Waals surface area contributed by atoms with E-state index < -0.39 is 0 Å². The van der Waals surface area contributed by atoms with Crippen molar-refractivity contribution < 1.29 is 9.21 Å². The van der Waals surface area contributed by atoms with Gasteiger partial charge in [-0.25, -0.2) is 0 Å². The van der Waals surface area contributed by atoms with Crippen LogP contribution in [0.2, 0.25) is 5.02 Å². The number of hydrogen-bond acceptors (Lipinski definition) is 2. The summed E-state index contributed by atoms with van der Waals surface area (Å²) in [6.07, 6.45) is 1.57. The summed E-state index contributed by atoms with van der Waals surface area (Å²) in [6, 6.07) is 5.11. The number of furan rings is 1. The number of carbonyl (C=O) groups excluding carboxylic acids is 1. The molecule has 5 heteroatoms. The summed E-state index contributed by atoms with van der Waals surface area (Å²) in [5.74, 6) is 1.34. The maximum Gasteiger partial charge on any atom is 0.268 e. The highest BCUT2D eigenvalue weighted by molar-refractivity contribution is 6.30. The Bertz CT molecular complexity index is 530. The van der Waals surface area contributed by atoms with Crippen LogP contribution in [-0.2, 0) is 0 Å². The number of hydrogen-bond donors (Lipinski definition) is 2. The molecule has 0 radical (unpaired) electrons. The highest BCUT2D eigenvalue weighted by Crippen LogP contribution is 2.16. The minimum absolute atomic E-state index is 0.182. The molecule has 2 rings (SSSR count). The number of nitrogens with one attached hydrogen (secondary N) is 2. The van der Waals surface area contributed by atoms with Crippen LogP contribution in [0, 0.1) is 6.92 Å². The molecule has 0 saturated heterocycles. The van der Waals surface area contributed by atoms with Gasteiger partial charge in [-0.2, -0.15) is 0 Å².